The van der Waals surface area contributed by atoms with Crippen LogP contribution in [-0.4, -0.2) is 7.11 Å². The van der Waals surface area contributed by atoms with E-state index in [2.05, 4.69) is 38.5 Å². The third-order valence-electron chi connectivity index (χ3n) is 1.21. The molecule has 0 aliphatic heterocycles. The van der Waals surface area contributed by atoms with E-state index in [4.69, 9.17) is 16.3 Å². The highest BCUT2D eigenvalue weighted by molar-refractivity contribution is 14.1. The van der Waals surface area contributed by atoms with Crippen LogP contribution in [0.1, 0.15) is 0 Å². The van der Waals surface area contributed by atoms with Gasteiger partial charge in [-0.3, -0.25) is 0 Å². The highest BCUT2D eigenvalue weighted by Crippen LogP contribution is 2.35. The zero-order valence-corrected chi connectivity index (χ0v) is 10.2. The maximum absolute atomic E-state index is 5.92. The second-order valence-corrected chi connectivity index (χ2v) is 4.27. The van der Waals surface area contributed by atoms with Crippen LogP contribution in [0, 0.1) is 3.57 Å². The molecule has 1 nitrogen and oxygen atoms in total. The molecule has 0 fully saturated rings. The average Bonchev–Trinajstić information content (AvgIpc) is 1.99. The number of methoxy groups -OCH3 is 1. The van der Waals surface area contributed by atoms with Crippen LogP contribution in [0.4, 0.5) is 0 Å². The minimum absolute atomic E-state index is 0.624. The summed E-state index contributed by atoms with van der Waals surface area (Å²) in [6.07, 6.45) is 0. The Morgan fingerprint density at radius 1 is 1.55 bits per heavy atom. The normalized spacial score (nSPS) is 9.82. The molecule has 0 saturated heterocycles. The van der Waals surface area contributed by atoms with Crippen molar-refractivity contribution in [3.63, 3.8) is 0 Å². The van der Waals surface area contributed by atoms with E-state index in [9.17, 15) is 0 Å². The van der Waals surface area contributed by atoms with Gasteiger partial charge in [-0.25, -0.2) is 0 Å². The third-order valence-corrected chi connectivity index (χ3v) is 3.32. The van der Waals surface area contributed by atoms with Gasteiger partial charge in [0.1, 0.15) is 0 Å². The molecule has 0 atom stereocenters. The fraction of sp³-hybridized carbons (Fsp3) is 0.143. The summed E-state index contributed by atoms with van der Waals surface area (Å²) in [7, 11) is 1.61. The van der Waals surface area contributed by atoms with Crippen LogP contribution < -0.4 is 4.74 Å². The molecule has 0 saturated carbocycles. The van der Waals surface area contributed by atoms with E-state index in [1.807, 2.05) is 12.1 Å². The van der Waals surface area contributed by atoms with E-state index in [-0.39, 0.29) is 0 Å². The molecule has 60 valence electrons. The van der Waals surface area contributed by atoms with Gasteiger partial charge in [-0.1, -0.05) is 11.6 Å². The molecule has 1 aromatic carbocycles. The summed E-state index contributed by atoms with van der Waals surface area (Å²) < 4.78 is 6.96. The highest BCUT2D eigenvalue weighted by atomic mass is 127. The van der Waals surface area contributed by atoms with Gasteiger partial charge < -0.3 is 4.74 Å². The molecule has 0 heterocycles. The quantitative estimate of drug-likeness (QED) is 0.556. The third kappa shape index (κ3) is 2.00. The molecule has 11 heavy (non-hydrogen) atoms. The van der Waals surface area contributed by atoms with Crippen LogP contribution in [0.15, 0.2) is 16.6 Å². The lowest BCUT2D eigenvalue weighted by Gasteiger charge is -2.05. The summed E-state index contributed by atoms with van der Waals surface area (Å²) in [4.78, 5) is 0. The number of hydrogen-bond donors (Lipinski definition) is 0. The molecule has 0 radical (unpaired) electrons. The van der Waals surface area contributed by atoms with E-state index >= 15 is 0 Å². The van der Waals surface area contributed by atoms with Gasteiger partial charge in [-0.2, -0.15) is 0 Å². The van der Waals surface area contributed by atoms with Gasteiger partial charge in [0.05, 0.1) is 15.7 Å². The minimum atomic E-state index is 0.624. The van der Waals surface area contributed by atoms with Crippen molar-refractivity contribution < 1.29 is 4.74 Å². The van der Waals surface area contributed by atoms with Gasteiger partial charge >= 0.3 is 0 Å². The van der Waals surface area contributed by atoms with Gasteiger partial charge in [0.25, 0.3) is 0 Å². The Morgan fingerprint density at radius 3 is 2.64 bits per heavy atom. The molecule has 0 unspecified atom stereocenters. The number of ether oxygens (including phenoxy) is 1. The van der Waals surface area contributed by atoms with Gasteiger partial charge in [-0.15, -0.1) is 0 Å². The maximum Gasteiger partial charge on any atom is 0.151 e. The topological polar surface area (TPSA) is 9.23 Å². The monoisotopic (exact) mass is 346 g/mol. The predicted octanol–water partition coefficient (Wildman–Crippen LogP) is 3.72. The maximum atomic E-state index is 5.92. The first-order chi connectivity index (χ1) is 5.16. The van der Waals surface area contributed by atoms with Crippen LogP contribution in [0.3, 0.4) is 0 Å². The summed E-state index contributed by atoms with van der Waals surface area (Å²) in [5.41, 5.74) is 0. The molecule has 0 amide bonds. The summed E-state index contributed by atoms with van der Waals surface area (Å²) in [5.74, 6) is 0.724. The molecule has 4 heteroatoms. The Morgan fingerprint density at radius 2 is 2.18 bits per heavy atom. The van der Waals surface area contributed by atoms with Gasteiger partial charge in [0.15, 0.2) is 5.75 Å². The van der Waals surface area contributed by atoms with Crippen LogP contribution in [0.5, 0.6) is 5.75 Å². The van der Waals surface area contributed by atoms with Gasteiger partial charge in [0.2, 0.25) is 0 Å². The minimum Gasteiger partial charge on any atom is -0.494 e. The van der Waals surface area contributed by atoms with Crippen molar-refractivity contribution in [3.05, 3.63) is 25.2 Å². The molecular formula is C7H5BrClIO. The van der Waals surface area contributed by atoms with Crippen molar-refractivity contribution in [2.45, 2.75) is 0 Å². The smallest absolute Gasteiger partial charge is 0.151 e. The fourth-order valence-corrected chi connectivity index (χ4v) is 2.08. The van der Waals surface area contributed by atoms with Crippen LogP contribution in [-0.2, 0) is 0 Å². The number of rotatable bonds is 1. The van der Waals surface area contributed by atoms with E-state index in [1.165, 1.54) is 0 Å². The van der Waals surface area contributed by atoms with Crippen molar-refractivity contribution in [2.75, 3.05) is 7.11 Å². The summed E-state index contributed by atoms with van der Waals surface area (Å²) in [5, 5.41) is 0.624. The molecule has 0 N–H and O–H groups in total. The van der Waals surface area contributed by atoms with Crippen molar-refractivity contribution in [3.8, 4) is 5.75 Å². The first-order valence-electron chi connectivity index (χ1n) is 2.84. The Hall–Kier alpha value is 0.520. The Kier molecular flexibility index (Phi) is 3.46. The predicted molar refractivity (Wildman–Crippen MR) is 58.4 cm³/mol. The zero-order chi connectivity index (χ0) is 8.43. The number of benzene rings is 1. The Balaban J connectivity index is 3.29. The molecule has 0 bridgehead atoms. The van der Waals surface area contributed by atoms with Gasteiger partial charge in [0, 0.05) is 4.47 Å². The molecule has 0 spiro atoms. The van der Waals surface area contributed by atoms with Crippen molar-refractivity contribution >= 4 is 50.1 Å². The largest absolute Gasteiger partial charge is 0.494 e. The van der Waals surface area contributed by atoms with Crippen molar-refractivity contribution in [2.24, 2.45) is 0 Å². The Bertz CT molecular complexity index is 277. The molecular weight excluding hydrogens is 342 g/mol. The lowest BCUT2D eigenvalue weighted by molar-refractivity contribution is 0.412. The molecule has 1 rings (SSSR count). The molecule has 0 aromatic heterocycles. The summed E-state index contributed by atoms with van der Waals surface area (Å²) in [6, 6.07) is 3.84. The van der Waals surface area contributed by atoms with Gasteiger partial charge in [-0.05, 0) is 50.7 Å². The SMILES string of the molecule is COc1c(I)ccc(Br)c1Cl. The highest BCUT2D eigenvalue weighted by Gasteiger charge is 2.07. The van der Waals surface area contributed by atoms with Crippen LogP contribution in [0.2, 0.25) is 5.02 Å². The lowest BCUT2D eigenvalue weighted by atomic mass is 10.3. The summed E-state index contributed by atoms with van der Waals surface area (Å²) in [6.45, 7) is 0. The van der Waals surface area contributed by atoms with Crippen LogP contribution in [0.25, 0.3) is 0 Å². The lowest BCUT2D eigenvalue weighted by Crippen LogP contribution is -1.87. The van der Waals surface area contributed by atoms with Crippen LogP contribution >= 0.6 is 50.1 Å². The second kappa shape index (κ2) is 3.96. The average molecular weight is 347 g/mol. The number of hydrogen-bond acceptors (Lipinski definition) is 1. The molecule has 1 aromatic rings. The zero-order valence-electron chi connectivity index (χ0n) is 5.70. The van der Waals surface area contributed by atoms with E-state index in [1.54, 1.807) is 7.11 Å². The molecule has 0 aliphatic carbocycles. The summed E-state index contributed by atoms with van der Waals surface area (Å²) >= 11 is 11.4. The molecule has 0 aliphatic rings. The van der Waals surface area contributed by atoms with Crippen molar-refractivity contribution in [1.29, 1.82) is 0 Å². The van der Waals surface area contributed by atoms with E-state index in [0.29, 0.717) is 5.02 Å². The van der Waals surface area contributed by atoms with Crippen molar-refractivity contribution in [1.82, 2.24) is 0 Å². The van der Waals surface area contributed by atoms with E-state index < -0.39 is 0 Å². The van der Waals surface area contributed by atoms with E-state index in [0.717, 1.165) is 13.8 Å². The first-order valence-corrected chi connectivity index (χ1v) is 5.09. The standard InChI is InChI=1S/C7H5BrClIO/c1-11-7-5(10)3-2-4(8)6(7)9/h2-3H,1H3. The Labute approximate surface area is 92.3 Å². The fourth-order valence-electron chi connectivity index (χ4n) is 0.696. The first kappa shape index (κ1) is 9.61. The second-order valence-electron chi connectivity index (χ2n) is 1.88. The number of halogens is 3.